The van der Waals surface area contributed by atoms with Crippen molar-refractivity contribution in [3.8, 4) is 0 Å². The van der Waals surface area contributed by atoms with Crippen LogP contribution in [-0.4, -0.2) is 22.0 Å². The summed E-state index contributed by atoms with van der Waals surface area (Å²) in [6, 6.07) is 6.94. The van der Waals surface area contributed by atoms with Gasteiger partial charge < -0.3 is 5.32 Å². The fourth-order valence-electron chi connectivity index (χ4n) is 2.43. The van der Waals surface area contributed by atoms with Crippen LogP contribution in [0.1, 0.15) is 54.4 Å². The average Bonchev–Trinajstić information content (AvgIpc) is 3.37. The molecule has 0 atom stereocenters. The summed E-state index contributed by atoms with van der Waals surface area (Å²) in [4.78, 5) is 24.2. The predicted octanol–water partition coefficient (Wildman–Crippen LogP) is 3.87. The molecule has 25 heavy (non-hydrogen) atoms. The highest BCUT2D eigenvalue weighted by molar-refractivity contribution is 7.15. The summed E-state index contributed by atoms with van der Waals surface area (Å²) in [5.74, 6) is -0.0952. The number of hydrogen-bond acceptors (Lipinski definition) is 5. The minimum absolute atomic E-state index is 0.0263. The molecular formula is C18H22N4O2S. The number of aromatic nitrogens is 2. The van der Waals surface area contributed by atoms with Crippen molar-refractivity contribution in [3.63, 3.8) is 0 Å². The van der Waals surface area contributed by atoms with E-state index >= 15 is 0 Å². The van der Waals surface area contributed by atoms with E-state index in [4.69, 9.17) is 0 Å². The zero-order valence-electron chi connectivity index (χ0n) is 14.2. The zero-order valence-corrected chi connectivity index (χ0v) is 15.1. The van der Waals surface area contributed by atoms with E-state index in [0.717, 1.165) is 37.1 Å². The summed E-state index contributed by atoms with van der Waals surface area (Å²) in [5, 5.41) is 15.2. The summed E-state index contributed by atoms with van der Waals surface area (Å²) in [7, 11) is 0. The Kier molecular flexibility index (Phi) is 5.75. The molecule has 0 saturated heterocycles. The summed E-state index contributed by atoms with van der Waals surface area (Å²) >= 11 is 1.41. The molecule has 1 fully saturated rings. The van der Waals surface area contributed by atoms with Crippen molar-refractivity contribution in [2.75, 3.05) is 10.6 Å². The van der Waals surface area contributed by atoms with Crippen molar-refractivity contribution in [3.05, 3.63) is 34.8 Å². The lowest BCUT2D eigenvalue weighted by atomic mass is 10.2. The molecule has 132 valence electrons. The first-order chi connectivity index (χ1) is 12.2. The Morgan fingerprint density at radius 3 is 2.80 bits per heavy atom. The van der Waals surface area contributed by atoms with Gasteiger partial charge in [0.05, 0.1) is 0 Å². The van der Waals surface area contributed by atoms with Crippen molar-refractivity contribution in [2.24, 2.45) is 5.92 Å². The highest BCUT2D eigenvalue weighted by Crippen LogP contribution is 2.30. The fraction of sp³-hybridized carbons (Fsp3) is 0.444. The molecule has 1 heterocycles. The molecule has 1 aromatic heterocycles. The molecule has 6 nitrogen and oxygen atoms in total. The topological polar surface area (TPSA) is 84.0 Å². The van der Waals surface area contributed by atoms with Crippen LogP contribution in [0, 0.1) is 5.92 Å². The lowest BCUT2D eigenvalue weighted by Gasteiger charge is -2.06. The Labute approximate surface area is 151 Å². The first-order valence-corrected chi connectivity index (χ1v) is 9.52. The number of anilines is 2. The van der Waals surface area contributed by atoms with Gasteiger partial charge in [0.15, 0.2) is 0 Å². The molecule has 7 heteroatoms. The largest absolute Gasteiger partial charge is 0.326 e. The number of nitrogens with zero attached hydrogens (tertiary/aromatic N) is 2. The second-order valence-corrected chi connectivity index (χ2v) is 7.32. The van der Waals surface area contributed by atoms with Gasteiger partial charge in [0.2, 0.25) is 11.0 Å². The van der Waals surface area contributed by atoms with Gasteiger partial charge in [0.25, 0.3) is 5.91 Å². The minimum Gasteiger partial charge on any atom is -0.326 e. The van der Waals surface area contributed by atoms with Gasteiger partial charge in [-0.05, 0) is 37.5 Å². The molecule has 1 aliphatic carbocycles. The second-order valence-electron chi connectivity index (χ2n) is 6.26. The number of benzene rings is 1. The standard InChI is InChI=1S/C18H22N4O2S/c1-2-3-4-8-15-21-22-18(25-15)20-17(24)13-6-5-7-14(11-13)19-16(23)12-9-10-12/h5-7,11-12H,2-4,8-10H2,1H3,(H,19,23)(H,20,22,24). The van der Waals surface area contributed by atoms with Crippen LogP contribution in [0.25, 0.3) is 0 Å². The molecule has 2 N–H and O–H groups in total. The van der Waals surface area contributed by atoms with Crippen LogP contribution >= 0.6 is 11.3 Å². The number of unbranched alkanes of at least 4 members (excludes halogenated alkanes) is 2. The summed E-state index contributed by atoms with van der Waals surface area (Å²) in [5.41, 5.74) is 1.12. The van der Waals surface area contributed by atoms with Crippen LogP contribution in [0.3, 0.4) is 0 Å². The van der Waals surface area contributed by atoms with E-state index < -0.39 is 0 Å². The first kappa shape index (κ1) is 17.5. The van der Waals surface area contributed by atoms with Gasteiger partial charge in [-0.3, -0.25) is 14.9 Å². The van der Waals surface area contributed by atoms with Crippen LogP contribution in [0.15, 0.2) is 24.3 Å². The molecule has 0 radical (unpaired) electrons. The molecule has 1 aromatic carbocycles. The number of carbonyl (C=O) groups is 2. The van der Waals surface area contributed by atoms with Crippen LogP contribution in [0.5, 0.6) is 0 Å². The molecule has 3 rings (SSSR count). The van der Waals surface area contributed by atoms with Gasteiger partial charge >= 0.3 is 0 Å². The number of nitrogens with one attached hydrogen (secondary N) is 2. The summed E-state index contributed by atoms with van der Waals surface area (Å²) in [6.07, 6.45) is 6.20. The Hall–Kier alpha value is -2.28. The van der Waals surface area contributed by atoms with Gasteiger partial charge in [-0.1, -0.05) is 37.2 Å². The number of aryl methyl sites for hydroxylation is 1. The van der Waals surface area contributed by atoms with Crippen molar-refractivity contribution < 1.29 is 9.59 Å². The predicted molar refractivity (Wildman–Crippen MR) is 98.9 cm³/mol. The number of hydrogen-bond donors (Lipinski definition) is 2. The van der Waals surface area contributed by atoms with Gasteiger partial charge in [-0.25, -0.2) is 0 Å². The van der Waals surface area contributed by atoms with Crippen LogP contribution in [0.4, 0.5) is 10.8 Å². The Morgan fingerprint density at radius 1 is 1.20 bits per heavy atom. The van der Waals surface area contributed by atoms with Crippen molar-refractivity contribution in [1.29, 1.82) is 0 Å². The zero-order chi connectivity index (χ0) is 17.6. The molecule has 2 aromatic rings. The molecule has 0 bridgehead atoms. The quantitative estimate of drug-likeness (QED) is 0.702. The second kappa shape index (κ2) is 8.20. The van der Waals surface area contributed by atoms with Crippen molar-refractivity contribution >= 4 is 34.0 Å². The Balaban J connectivity index is 1.58. The van der Waals surface area contributed by atoms with E-state index in [1.807, 2.05) is 0 Å². The van der Waals surface area contributed by atoms with E-state index in [0.29, 0.717) is 16.4 Å². The van der Waals surface area contributed by atoms with Crippen LogP contribution in [0.2, 0.25) is 0 Å². The van der Waals surface area contributed by atoms with E-state index in [-0.39, 0.29) is 17.7 Å². The van der Waals surface area contributed by atoms with E-state index in [2.05, 4.69) is 27.8 Å². The van der Waals surface area contributed by atoms with E-state index in [1.165, 1.54) is 17.8 Å². The third-order valence-electron chi connectivity index (χ3n) is 4.02. The van der Waals surface area contributed by atoms with Crippen molar-refractivity contribution in [2.45, 2.75) is 45.4 Å². The normalized spacial score (nSPS) is 13.5. The van der Waals surface area contributed by atoms with Gasteiger partial charge in [0, 0.05) is 23.6 Å². The maximum Gasteiger partial charge on any atom is 0.257 e. The average molecular weight is 358 g/mol. The van der Waals surface area contributed by atoms with Gasteiger partial charge in [-0.15, -0.1) is 10.2 Å². The number of rotatable bonds is 8. The molecule has 0 unspecified atom stereocenters. The SMILES string of the molecule is CCCCCc1nnc(NC(=O)c2cccc(NC(=O)C3CC3)c2)s1. The molecule has 0 aliphatic heterocycles. The third kappa shape index (κ3) is 5.09. The van der Waals surface area contributed by atoms with Gasteiger partial charge in [-0.2, -0.15) is 0 Å². The Morgan fingerprint density at radius 2 is 2.04 bits per heavy atom. The molecule has 0 spiro atoms. The van der Waals surface area contributed by atoms with E-state index in [1.54, 1.807) is 24.3 Å². The van der Waals surface area contributed by atoms with Crippen LogP contribution < -0.4 is 10.6 Å². The maximum absolute atomic E-state index is 12.4. The van der Waals surface area contributed by atoms with Crippen molar-refractivity contribution in [1.82, 2.24) is 10.2 Å². The highest BCUT2D eigenvalue weighted by atomic mass is 32.1. The number of carbonyl (C=O) groups excluding carboxylic acids is 2. The lowest BCUT2D eigenvalue weighted by molar-refractivity contribution is -0.117. The van der Waals surface area contributed by atoms with Crippen LogP contribution in [-0.2, 0) is 11.2 Å². The lowest BCUT2D eigenvalue weighted by Crippen LogP contribution is -2.15. The molecular weight excluding hydrogens is 336 g/mol. The fourth-order valence-corrected chi connectivity index (χ4v) is 3.21. The molecule has 1 saturated carbocycles. The third-order valence-corrected chi connectivity index (χ3v) is 4.92. The van der Waals surface area contributed by atoms with Gasteiger partial charge in [0.1, 0.15) is 5.01 Å². The smallest absolute Gasteiger partial charge is 0.257 e. The summed E-state index contributed by atoms with van der Waals surface area (Å²) in [6.45, 7) is 2.16. The Bertz CT molecular complexity index is 755. The maximum atomic E-state index is 12.4. The summed E-state index contributed by atoms with van der Waals surface area (Å²) < 4.78 is 0. The monoisotopic (exact) mass is 358 g/mol. The highest BCUT2D eigenvalue weighted by Gasteiger charge is 2.29. The number of amides is 2. The molecule has 2 amide bonds. The first-order valence-electron chi connectivity index (χ1n) is 8.70. The minimum atomic E-state index is -0.251. The molecule has 1 aliphatic rings. The van der Waals surface area contributed by atoms with E-state index in [9.17, 15) is 9.59 Å².